The molecule has 0 bridgehead atoms. The first-order valence-corrected chi connectivity index (χ1v) is 5.08. The molecule has 0 aromatic rings. The second-order valence-corrected chi connectivity index (χ2v) is 4.25. The van der Waals surface area contributed by atoms with Crippen LogP contribution in [0.4, 0.5) is 0 Å². The van der Waals surface area contributed by atoms with Gasteiger partial charge in [0, 0.05) is 12.6 Å². The highest BCUT2D eigenvalue weighted by Crippen LogP contribution is 2.23. The van der Waals surface area contributed by atoms with Gasteiger partial charge in [-0.3, -0.25) is 0 Å². The standard InChI is InChI=1S/C10H21NO/c1-8(2)7-10-9(4-6-12)3-5-11-10/h8-12H,3-7H2,1-2H3/t9-,10-/m1/s1. The zero-order valence-corrected chi connectivity index (χ0v) is 8.21. The molecule has 2 atom stereocenters. The lowest BCUT2D eigenvalue weighted by molar-refractivity contribution is 0.240. The molecule has 1 aliphatic heterocycles. The van der Waals surface area contributed by atoms with E-state index in [1.165, 1.54) is 12.8 Å². The van der Waals surface area contributed by atoms with Crippen LogP contribution in [0.5, 0.6) is 0 Å². The summed E-state index contributed by atoms with van der Waals surface area (Å²) in [5, 5.41) is 12.4. The van der Waals surface area contributed by atoms with Crippen molar-refractivity contribution >= 4 is 0 Å². The molecule has 0 radical (unpaired) electrons. The first kappa shape index (κ1) is 10.0. The fraction of sp³-hybridized carbons (Fsp3) is 1.00. The van der Waals surface area contributed by atoms with E-state index in [0.29, 0.717) is 12.6 Å². The van der Waals surface area contributed by atoms with Crippen molar-refractivity contribution in [1.82, 2.24) is 5.32 Å². The molecular formula is C10H21NO. The molecule has 0 amide bonds. The average molecular weight is 171 g/mol. The minimum absolute atomic E-state index is 0.348. The number of hydrogen-bond acceptors (Lipinski definition) is 2. The predicted octanol–water partition coefficient (Wildman–Crippen LogP) is 1.39. The summed E-state index contributed by atoms with van der Waals surface area (Å²) in [5.41, 5.74) is 0. The van der Waals surface area contributed by atoms with E-state index >= 15 is 0 Å². The van der Waals surface area contributed by atoms with Crippen molar-refractivity contribution in [2.75, 3.05) is 13.2 Å². The lowest BCUT2D eigenvalue weighted by Gasteiger charge is -2.20. The van der Waals surface area contributed by atoms with Crippen LogP contribution in [0.1, 0.15) is 33.1 Å². The van der Waals surface area contributed by atoms with Gasteiger partial charge < -0.3 is 10.4 Å². The zero-order chi connectivity index (χ0) is 8.97. The van der Waals surface area contributed by atoms with Crippen LogP contribution in [-0.4, -0.2) is 24.3 Å². The molecule has 1 heterocycles. The molecule has 1 aliphatic rings. The molecule has 2 N–H and O–H groups in total. The van der Waals surface area contributed by atoms with Crippen molar-refractivity contribution in [3.8, 4) is 0 Å². The highest BCUT2D eigenvalue weighted by atomic mass is 16.3. The Morgan fingerprint density at radius 1 is 1.50 bits per heavy atom. The SMILES string of the molecule is CC(C)C[C@H]1NCC[C@@H]1CCO. The van der Waals surface area contributed by atoms with E-state index in [0.717, 1.165) is 24.8 Å². The number of aliphatic hydroxyl groups is 1. The van der Waals surface area contributed by atoms with Crippen LogP contribution in [0.15, 0.2) is 0 Å². The predicted molar refractivity (Wildman–Crippen MR) is 51.1 cm³/mol. The van der Waals surface area contributed by atoms with Gasteiger partial charge in [-0.15, -0.1) is 0 Å². The molecule has 2 nitrogen and oxygen atoms in total. The molecule has 0 aromatic carbocycles. The van der Waals surface area contributed by atoms with Gasteiger partial charge in [-0.25, -0.2) is 0 Å². The lowest BCUT2D eigenvalue weighted by Crippen LogP contribution is -2.28. The van der Waals surface area contributed by atoms with Crippen LogP contribution in [-0.2, 0) is 0 Å². The molecule has 0 aliphatic carbocycles. The Balaban J connectivity index is 2.30. The largest absolute Gasteiger partial charge is 0.396 e. The van der Waals surface area contributed by atoms with E-state index in [4.69, 9.17) is 5.11 Å². The van der Waals surface area contributed by atoms with E-state index in [-0.39, 0.29) is 0 Å². The summed E-state index contributed by atoms with van der Waals surface area (Å²) >= 11 is 0. The first-order chi connectivity index (χ1) is 5.74. The number of nitrogens with one attached hydrogen (secondary N) is 1. The fourth-order valence-electron chi connectivity index (χ4n) is 2.12. The zero-order valence-electron chi connectivity index (χ0n) is 8.21. The molecule has 1 saturated heterocycles. The summed E-state index contributed by atoms with van der Waals surface area (Å²) in [6.07, 6.45) is 3.48. The van der Waals surface area contributed by atoms with Gasteiger partial charge in [0.25, 0.3) is 0 Å². The van der Waals surface area contributed by atoms with Gasteiger partial charge in [-0.1, -0.05) is 13.8 Å². The monoisotopic (exact) mass is 171 g/mol. The topological polar surface area (TPSA) is 32.3 Å². The molecule has 0 aromatic heterocycles. The molecule has 1 fully saturated rings. The minimum atomic E-state index is 0.348. The summed E-state index contributed by atoms with van der Waals surface area (Å²) < 4.78 is 0. The van der Waals surface area contributed by atoms with Crippen molar-refractivity contribution in [2.24, 2.45) is 11.8 Å². The summed E-state index contributed by atoms with van der Waals surface area (Å²) in [6, 6.07) is 0.664. The number of rotatable bonds is 4. The third-order valence-electron chi connectivity index (χ3n) is 2.72. The maximum absolute atomic E-state index is 8.85. The Hall–Kier alpha value is -0.0800. The summed E-state index contributed by atoms with van der Waals surface area (Å²) in [4.78, 5) is 0. The van der Waals surface area contributed by atoms with Crippen LogP contribution in [0.3, 0.4) is 0 Å². The lowest BCUT2D eigenvalue weighted by atomic mass is 9.91. The highest BCUT2D eigenvalue weighted by Gasteiger charge is 2.26. The van der Waals surface area contributed by atoms with Crippen molar-refractivity contribution in [3.63, 3.8) is 0 Å². The van der Waals surface area contributed by atoms with E-state index in [1.54, 1.807) is 0 Å². The van der Waals surface area contributed by atoms with Gasteiger partial charge in [-0.05, 0) is 37.6 Å². The Bertz CT molecular complexity index is 125. The van der Waals surface area contributed by atoms with Gasteiger partial charge in [0.2, 0.25) is 0 Å². The number of hydrogen-bond donors (Lipinski definition) is 2. The van der Waals surface area contributed by atoms with E-state index in [1.807, 2.05) is 0 Å². The fourth-order valence-corrected chi connectivity index (χ4v) is 2.12. The summed E-state index contributed by atoms with van der Waals surface area (Å²) in [5.74, 6) is 1.49. The van der Waals surface area contributed by atoms with Gasteiger partial charge in [0.05, 0.1) is 0 Å². The second-order valence-electron chi connectivity index (χ2n) is 4.25. The molecule has 0 saturated carbocycles. The van der Waals surface area contributed by atoms with Gasteiger partial charge in [-0.2, -0.15) is 0 Å². The molecule has 0 unspecified atom stereocenters. The first-order valence-electron chi connectivity index (χ1n) is 5.08. The Morgan fingerprint density at radius 2 is 2.25 bits per heavy atom. The minimum Gasteiger partial charge on any atom is -0.396 e. The van der Waals surface area contributed by atoms with E-state index in [9.17, 15) is 0 Å². The number of aliphatic hydroxyl groups excluding tert-OH is 1. The van der Waals surface area contributed by atoms with Crippen molar-refractivity contribution in [3.05, 3.63) is 0 Å². The highest BCUT2D eigenvalue weighted by molar-refractivity contribution is 4.83. The van der Waals surface area contributed by atoms with E-state index in [2.05, 4.69) is 19.2 Å². The molecule has 12 heavy (non-hydrogen) atoms. The van der Waals surface area contributed by atoms with Crippen molar-refractivity contribution < 1.29 is 5.11 Å². The smallest absolute Gasteiger partial charge is 0.0434 e. The van der Waals surface area contributed by atoms with Crippen molar-refractivity contribution in [2.45, 2.75) is 39.2 Å². The average Bonchev–Trinajstić information content (AvgIpc) is 2.37. The van der Waals surface area contributed by atoms with Crippen molar-refractivity contribution in [1.29, 1.82) is 0 Å². The molecule has 2 heteroatoms. The quantitative estimate of drug-likeness (QED) is 0.670. The normalized spacial score (nSPS) is 30.0. The molecule has 72 valence electrons. The Labute approximate surface area is 75.4 Å². The van der Waals surface area contributed by atoms with E-state index < -0.39 is 0 Å². The van der Waals surface area contributed by atoms with Gasteiger partial charge in [0.15, 0.2) is 0 Å². The maximum atomic E-state index is 8.85. The van der Waals surface area contributed by atoms with Crippen LogP contribution in [0.2, 0.25) is 0 Å². The summed E-state index contributed by atoms with van der Waals surface area (Å²) in [7, 11) is 0. The third-order valence-corrected chi connectivity index (χ3v) is 2.72. The summed E-state index contributed by atoms with van der Waals surface area (Å²) in [6.45, 7) is 6.01. The molecule has 1 rings (SSSR count). The Morgan fingerprint density at radius 3 is 2.83 bits per heavy atom. The van der Waals surface area contributed by atoms with Crippen LogP contribution >= 0.6 is 0 Å². The van der Waals surface area contributed by atoms with Crippen LogP contribution in [0, 0.1) is 11.8 Å². The van der Waals surface area contributed by atoms with Crippen LogP contribution in [0.25, 0.3) is 0 Å². The Kier molecular flexibility index (Phi) is 4.02. The molecular weight excluding hydrogens is 150 g/mol. The molecule has 0 spiro atoms. The van der Waals surface area contributed by atoms with Gasteiger partial charge >= 0.3 is 0 Å². The van der Waals surface area contributed by atoms with Gasteiger partial charge in [0.1, 0.15) is 0 Å². The van der Waals surface area contributed by atoms with Crippen LogP contribution < -0.4 is 5.32 Å². The second kappa shape index (κ2) is 4.83. The third kappa shape index (κ3) is 2.76. The maximum Gasteiger partial charge on any atom is 0.0434 e.